The average Bonchev–Trinajstić information content (AvgIpc) is 3.24. The number of Topliss-reactive ketones (excluding diaryl/α,β-unsaturated/α-hetero) is 1. The fraction of sp³-hybridized carbons (Fsp3) is 0.125. The van der Waals surface area contributed by atoms with Gasteiger partial charge >= 0.3 is 0 Å². The first-order valence-electron chi connectivity index (χ1n) is 8.90. The minimum absolute atomic E-state index is 0.0928. The van der Waals surface area contributed by atoms with Crippen LogP contribution in [0, 0.1) is 0 Å². The van der Waals surface area contributed by atoms with Gasteiger partial charge in [-0.15, -0.1) is 0 Å². The lowest BCUT2D eigenvalue weighted by Gasteiger charge is -2.33. The predicted octanol–water partition coefficient (Wildman–Crippen LogP) is 5.52. The summed E-state index contributed by atoms with van der Waals surface area (Å²) in [6.07, 6.45) is 5.52. The highest BCUT2D eigenvalue weighted by Crippen LogP contribution is 2.56. The van der Waals surface area contributed by atoms with Crippen LogP contribution < -0.4 is 0 Å². The van der Waals surface area contributed by atoms with Crippen LogP contribution >= 0.6 is 0 Å². The van der Waals surface area contributed by atoms with Gasteiger partial charge in [-0.3, -0.25) is 4.79 Å². The van der Waals surface area contributed by atoms with Crippen molar-refractivity contribution in [2.45, 2.75) is 18.3 Å². The van der Waals surface area contributed by atoms with Crippen molar-refractivity contribution in [2.75, 3.05) is 0 Å². The summed E-state index contributed by atoms with van der Waals surface area (Å²) in [6, 6.07) is 21.3. The molecule has 3 aliphatic carbocycles. The van der Waals surface area contributed by atoms with Gasteiger partial charge in [-0.1, -0.05) is 72.8 Å². The molecule has 0 N–H and O–H groups in total. The molecule has 0 heterocycles. The van der Waals surface area contributed by atoms with E-state index >= 15 is 0 Å². The van der Waals surface area contributed by atoms with Gasteiger partial charge in [-0.2, -0.15) is 0 Å². The van der Waals surface area contributed by atoms with Crippen molar-refractivity contribution in [3.63, 3.8) is 0 Å². The molecule has 25 heavy (non-hydrogen) atoms. The fourth-order valence-electron chi connectivity index (χ4n) is 5.06. The molecule has 1 nitrogen and oxygen atoms in total. The summed E-state index contributed by atoms with van der Waals surface area (Å²) in [5.74, 6) is 0.424. The molecule has 0 spiro atoms. The molecular formula is C24H16O. The minimum atomic E-state index is -0.0928. The maximum absolute atomic E-state index is 13.2. The van der Waals surface area contributed by atoms with E-state index in [-0.39, 0.29) is 17.6 Å². The lowest BCUT2D eigenvalue weighted by Crippen LogP contribution is -2.21. The zero-order valence-electron chi connectivity index (χ0n) is 13.7. The highest BCUT2D eigenvalue weighted by atomic mass is 16.1. The second-order valence-electron chi connectivity index (χ2n) is 7.17. The molecule has 0 amide bonds. The van der Waals surface area contributed by atoms with Crippen molar-refractivity contribution in [3.05, 3.63) is 106 Å². The quantitative estimate of drug-likeness (QED) is 0.577. The first kappa shape index (κ1) is 13.4. The van der Waals surface area contributed by atoms with Crippen LogP contribution in [0.15, 0.2) is 84.0 Å². The Morgan fingerprint density at radius 2 is 1.56 bits per heavy atom. The van der Waals surface area contributed by atoms with E-state index in [1.54, 1.807) is 0 Å². The molecule has 0 aromatic heterocycles. The van der Waals surface area contributed by atoms with Gasteiger partial charge in [0.25, 0.3) is 0 Å². The molecule has 6 rings (SSSR count). The van der Waals surface area contributed by atoms with Crippen LogP contribution in [0.1, 0.15) is 45.3 Å². The van der Waals surface area contributed by atoms with Gasteiger partial charge in [-0.05, 0) is 45.0 Å². The van der Waals surface area contributed by atoms with E-state index in [4.69, 9.17) is 0 Å². The third-order valence-electron chi connectivity index (χ3n) is 6.01. The Kier molecular flexibility index (Phi) is 2.45. The SMILES string of the molecule is O=C1c2cccc3ccc4c(c23)C1C1=CCC=C1C4c1ccccc1. The molecule has 2 unspecified atom stereocenters. The van der Waals surface area contributed by atoms with Gasteiger partial charge < -0.3 is 0 Å². The maximum atomic E-state index is 13.2. The lowest BCUT2D eigenvalue weighted by atomic mass is 9.69. The van der Waals surface area contributed by atoms with Gasteiger partial charge in [0, 0.05) is 11.5 Å². The van der Waals surface area contributed by atoms with Crippen molar-refractivity contribution < 1.29 is 4.79 Å². The second-order valence-corrected chi connectivity index (χ2v) is 7.17. The second kappa shape index (κ2) is 4.58. The highest BCUT2D eigenvalue weighted by Gasteiger charge is 2.45. The molecule has 3 aliphatic rings. The van der Waals surface area contributed by atoms with Crippen molar-refractivity contribution in [1.29, 1.82) is 0 Å². The summed E-state index contributed by atoms with van der Waals surface area (Å²) in [4.78, 5) is 13.2. The summed E-state index contributed by atoms with van der Waals surface area (Å²) < 4.78 is 0. The number of fused-ring (bicyclic) bond motifs is 2. The Labute approximate surface area is 146 Å². The van der Waals surface area contributed by atoms with Crippen LogP contribution in [0.4, 0.5) is 0 Å². The first-order valence-corrected chi connectivity index (χ1v) is 8.90. The Balaban J connectivity index is 1.75. The van der Waals surface area contributed by atoms with Crippen LogP contribution in [0.25, 0.3) is 10.8 Å². The van der Waals surface area contributed by atoms with Gasteiger partial charge in [0.15, 0.2) is 5.78 Å². The number of ketones is 1. The van der Waals surface area contributed by atoms with Gasteiger partial charge in [0.2, 0.25) is 0 Å². The van der Waals surface area contributed by atoms with Crippen LogP contribution in [0.5, 0.6) is 0 Å². The lowest BCUT2D eigenvalue weighted by molar-refractivity contribution is 0.0979. The number of rotatable bonds is 1. The molecule has 0 aliphatic heterocycles. The normalized spacial score (nSPS) is 22.8. The summed E-state index contributed by atoms with van der Waals surface area (Å²) in [6.45, 7) is 0. The number of carbonyl (C=O) groups excluding carboxylic acids is 1. The van der Waals surface area contributed by atoms with Crippen LogP contribution in [-0.2, 0) is 0 Å². The monoisotopic (exact) mass is 320 g/mol. The van der Waals surface area contributed by atoms with Crippen molar-refractivity contribution in [3.8, 4) is 0 Å². The third-order valence-corrected chi connectivity index (χ3v) is 6.01. The summed E-state index contributed by atoms with van der Waals surface area (Å²) in [5.41, 5.74) is 7.37. The smallest absolute Gasteiger partial charge is 0.175 e. The van der Waals surface area contributed by atoms with E-state index in [1.165, 1.54) is 38.6 Å². The minimum Gasteiger partial charge on any atom is -0.293 e. The Morgan fingerprint density at radius 3 is 2.40 bits per heavy atom. The number of benzene rings is 3. The van der Waals surface area contributed by atoms with Crippen molar-refractivity contribution in [1.82, 2.24) is 0 Å². The summed E-state index contributed by atoms with van der Waals surface area (Å²) in [7, 11) is 0. The van der Waals surface area contributed by atoms with E-state index in [0.29, 0.717) is 0 Å². The largest absolute Gasteiger partial charge is 0.293 e. The Hall–Kier alpha value is -2.93. The standard InChI is InChI=1S/C24H16O/c25-24-19-11-4-8-15-12-13-18-20(14-6-2-1-3-7-14)16-9-5-10-17(16)23(24)22(18)21(15)19/h1-4,6-13,20,23H,5H2. The van der Waals surface area contributed by atoms with Crippen LogP contribution in [-0.4, -0.2) is 5.78 Å². The molecule has 0 radical (unpaired) electrons. The molecule has 3 aromatic carbocycles. The summed E-state index contributed by atoms with van der Waals surface area (Å²) in [5, 5.41) is 2.37. The molecule has 0 fully saturated rings. The van der Waals surface area contributed by atoms with Crippen molar-refractivity contribution >= 4 is 16.6 Å². The van der Waals surface area contributed by atoms with E-state index < -0.39 is 0 Å². The molecule has 0 saturated heterocycles. The molecule has 2 atom stereocenters. The number of hydrogen-bond donors (Lipinski definition) is 0. The molecule has 118 valence electrons. The Bertz CT molecular complexity index is 1130. The highest BCUT2D eigenvalue weighted by molar-refractivity contribution is 6.20. The zero-order valence-corrected chi connectivity index (χ0v) is 13.7. The molecule has 1 heteroatoms. The summed E-state index contributed by atoms with van der Waals surface area (Å²) >= 11 is 0. The number of allylic oxidation sites excluding steroid dienone is 4. The van der Waals surface area contributed by atoms with Crippen LogP contribution in [0.2, 0.25) is 0 Å². The zero-order chi connectivity index (χ0) is 16.5. The maximum Gasteiger partial charge on any atom is 0.175 e. The van der Waals surface area contributed by atoms with Gasteiger partial charge in [0.1, 0.15) is 0 Å². The van der Waals surface area contributed by atoms with Gasteiger partial charge in [-0.25, -0.2) is 0 Å². The van der Waals surface area contributed by atoms with E-state index in [1.807, 2.05) is 12.1 Å². The number of hydrogen-bond acceptors (Lipinski definition) is 1. The van der Waals surface area contributed by atoms with E-state index in [9.17, 15) is 4.79 Å². The van der Waals surface area contributed by atoms with Gasteiger partial charge in [0.05, 0.1) is 5.92 Å². The molecule has 0 saturated carbocycles. The van der Waals surface area contributed by atoms with E-state index in [0.717, 1.165) is 12.0 Å². The van der Waals surface area contributed by atoms with Crippen molar-refractivity contribution in [2.24, 2.45) is 0 Å². The first-order chi connectivity index (χ1) is 12.3. The topological polar surface area (TPSA) is 17.1 Å². The molecule has 0 bridgehead atoms. The Morgan fingerprint density at radius 1 is 0.760 bits per heavy atom. The predicted molar refractivity (Wildman–Crippen MR) is 100 cm³/mol. The fourth-order valence-corrected chi connectivity index (χ4v) is 5.06. The molecule has 3 aromatic rings. The third kappa shape index (κ3) is 1.56. The average molecular weight is 320 g/mol. The molecular weight excluding hydrogens is 304 g/mol. The number of carbonyl (C=O) groups is 1. The van der Waals surface area contributed by atoms with Crippen LogP contribution in [0.3, 0.4) is 0 Å². The van der Waals surface area contributed by atoms with E-state index in [2.05, 4.69) is 60.7 Å².